The Balaban J connectivity index is 0.000000107. The number of ether oxygens (including phenoxy) is 8. The molecule has 3 N–H and O–H groups in total. The number of anilines is 5. The van der Waals surface area contributed by atoms with Gasteiger partial charge in [0.1, 0.15) is 53.6 Å². The van der Waals surface area contributed by atoms with E-state index in [1.165, 1.54) is 0 Å². The van der Waals surface area contributed by atoms with Gasteiger partial charge in [-0.05, 0) is 217 Å². The Bertz CT molecular complexity index is 7150. The highest BCUT2D eigenvalue weighted by atomic mass is 19.1. The minimum Gasteiger partial charge on any atom is -0.493 e. The molecule has 30 heteroatoms. The maximum absolute atomic E-state index is 13.4. The minimum atomic E-state index is -0.716. The average Bonchev–Trinajstić information content (AvgIpc) is 1.58. The third kappa shape index (κ3) is 19.7. The second-order valence-electron chi connectivity index (χ2n) is 33.4. The van der Waals surface area contributed by atoms with Crippen molar-refractivity contribution in [1.82, 2.24) is 25.8 Å². The monoisotopic (exact) mass is 1800 g/mol. The lowest BCUT2D eigenvalue weighted by atomic mass is 10.1. The molecular weight excluding hydrogens is 1700 g/mol. The van der Waals surface area contributed by atoms with E-state index in [9.17, 15) is 32.8 Å². The maximum atomic E-state index is 13.4. The second kappa shape index (κ2) is 39.2. The van der Waals surface area contributed by atoms with Gasteiger partial charge in [-0.25, -0.2) is 32.8 Å². The van der Waals surface area contributed by atoms with Gasteiger partial charge in [0, 0.05) is 193 Å². The molecule has 5 fully saturated rings. The molecule has 0 aliphatic carbocycles. The average molecular weight is 1800 g/mol. The Kier molecular flexibility index (Phi) is 25.8. The highest BCUT2D eigenvalue weighted by Crippen LogP contribution is 2.42. The number of methoxy groups -OCH3 is 2. The summed E-state index contributed by atoms with van der Waals surface area (Å²) in [5.41, 5.74) is 6.72. The number of nitrogens with one attached hydrogen (secondary N) is 3. The molecule has 13 heterocycles. The molecule has 23 rings (SSSR count). The summed E-state index contributed by atoms with van der Waals surface area (Å²) >= 11 is 0. The highest BCUT2D eigenvalue weighted by Gasteiger charge is 2.26. The number of hydrogen-bond donors (Lipinski definition) is 3. The number of hydrogen-bond acceptors (Lipinski definition) is 28. The van der Waals surface area contributed by atoms with Gasteiger partial charge < -0.3 is 110 Å². The van der Waals surface area contributed by atoms with E-state index in [1.807, 2.05) is 158 Å². The van der Waals surface area contributed by atoms with E-state index in [0.29, 0.717) is 115 Å². The summed E-state index contributed by atoms with van der Waals surface area (Å²) in [6, 6.07) is 64.0. The van der Waals surface area contributed by atoms with Crippen molar-refractivity contribution < 1.29 is 68.8 Å². The molecule has 5 aromatic heterocycles. The van der Waals surface area contributed by atoms with Crippen LogP contribution in [-0.2, 0) is 0 Å². The third-order valence-electron chi connectivity index (χ3n) is 24.9. The van der Waals surface area contributed by atoms with E-state index in [2.05, 4.69) is 88.6 Å². The molecule has 682 valence electrons. The summed E-state index contributed by atoms with van der Waals surface area (Å²) in [5, 5.41) is 17.0. The first-order valence-electron chi connectivity index (χ1n) is 44.4. The largest absolute Gasteiger partial charge is 0.493 e. The SMILES string of the molecule is CN1CCN(c2ccc3cc(-c4ccc5c(c4)OCO5)oc(=O)c3c2)CC1.COc1ccc(-c2cc3ccc(N4CCN(C)CC4)cc3c(=O)o2)cc1OC.O=c1oc(-c2cc(F)cc(F)c2)cc2ccc(N3CCNCC3)cc12.O=c1oc(-c2ccc3c(c2)OCCO3)cc2ccc(N3CCNCC3)cc12.O=c1oc(-c2ccc3c(c2)OCO3)cc2ccc(N3CCNCC3)cc12. The molecule has 15 aromatic rings. The van der Waals surface area contributed by atoms with Gasteiger partial charge in [0.2, 0.25) is 13.6 Å². The minimum absolute atomic E-state index is 0.144. The molecule has 0 spiro atoms. The molecular formula is C103H98F2N10O18. The van der Waals surface area contributed by atoms with E-state index >= 15 is 0 Å². The van der Waals surface area contributed by atoms with Gasteiger partial charge in [-0.2, -0.15) is 0 Å². The van der Waals surface area contributed by atoms with Crippen molar-refractivity contribution in [3.05, 3.63) is 276 Å². The molecule has 0 bridgehead atoms. The van der Waals surface area contributed by atoms with Crippen LogP contribution in [0.3, 0.4) is 0 Å². The standard InChI is InChI=1S/C22H24N2O4.2C21H20N2O4.C20H18N2O4.C19H16F2N2O2/c1-23-8-10-24(11-9-23)17-6-4-15-12-20(28-22(25)18(15)14-17)16-5-7-19(26-2)21(13-16)27-3;1-22-6-8-23(9-7-22)16-4-2-14-10-19(27-21(24)17(14)12-16)15-3-5-18-20(11-15)26-13-25-18;24-21-17-13-16(23-7-5-22-6-8-23)3-1-14(17)11-19(27-21)15-2-4-18-20(12-15)26-10-9-25-18;23-20-16-11-15(22-7-5-21-6-8-22)3-1-13(16)9-18(26-20)14-2-4-17-19(10-14)25-12-24-17;20-14-7-13(8-15(21)10-14)18-9-12-1-2-16(11-17(12)19(24)25-18)23-5-3-22-4-6-23/h4-7,12-14H,8-11H2,1-3H3;2-5,10-12H,6-9,13H2,1H3;1-4,11-13,22H,5-10H2;1-4,9-11,21H,5-8,12H2;1-2,7-11,22H,3-6H2. The second-order valence-corrected chi connectivity index (χ2v) is 33.4. The zero-order valence-electron chi connectivity index (χ0n) is 73.9. The number of rotatable bonds is 12. The first-order valence-corrected chi connectivity index (χ1v) is 44.4. The molecule has 0 unspecified atom stereocenters. The van der Waals surface area contributed by atoms with Crippen molar-refractivity contribution in [3.63, 3.8) is 0 Å². The lowest BCUT2D eigenvalue weighted by molar-refractivity contribution is 0.171. The number of likely N-dealkylation sites (N-methyl/N-ethyl adjacent to an activating group) is 2. The van der Waals surface area contributed by atoms with Gasteiger partial charge in [-0.3, -0.25) is 0 Å². The first-order chi connectivity index (χ1) is 64.9. The first kappa shape index (κ1) is 87.6. The topological polar surface area (TPSA) is 284 Å². The number of halogens is 2. The third-order valence-corrected chi connectivity index (χ3v) is 24.9. The van der Waals surface area contributed by atoms with Crippen molar-refractivity contribution in [2.45, 2.75) is 0 Å². The Morgan fingerprint density at radius 2 is 0.534 bits per heavy atom. The predicted octanol–water partition coefficient (Wildman–Crippen LogP) is 14.6. The Morgan fingerprint density at radius 1 is 0.263 bits per heavy atom. The van der Waals surface area contributed by atoms with Crippen LogP contribution in [0.25, 0.3) is 110 Å². The van der Waals surface area contributed by atoms with Crippen molar-refractivity contribution in [2.24, 2.45) is 0 Å². The van der Waals surface area contributed by atoms with E-state index in [4.69, 9.17) is 60.0 Å². The summed E-state index contributed by atoms with van der Waals surface area (Å²) in [5.74, 6) is 6.16. The number of piperazine rings is 5. The lowest BCUT2D eigenvalue weighted by Crippen LogP contribution is -2.44. The summed E-state index contributed by atoms with van der Waals surface area (Å²) in [6.07, 6.45) is 0. The summed E-state index contributed by atoms with van der Waals surface area (Å²) in [6.45, 7) is 20.5. The Morgan fingerprint density at radius 3 is 0.857 bits per heavy atom. The number of fused-ring (bicyclic) bond motifs is 8. The van der Waals surface area contributed by atoms with Gasteiger partial charge in [0.25, 0.3) is 0 Å². The van der Waals surface area contributed by atoms with E-state index in [0.717, 1.165) is 221 Å². The van der Waals surface area contributed by atoms with Crippen LogP contribution in [0.15, 0.2) is 258 Å². The van der Waals surface area contributed by atoms with Crippen LogP contribution in [0, 0.1) is 11.6 Å². The fourth-order valence-corrected chi connectivity index (χ4v) is 17.4. The fraction of sp³-hybridized carbons (Fsp3) is 0.272. The normalized spacial score (nSPS) is 15.9. The zero-order chi connectivity index (χ0) is 91.2. The van der Waals surface area contributed by atoms with Crippen LogP contribution in [-0.4, -0.2) is 196 Å². The molecule has 8 aliphatic heterocycles. The molecule has 0 radical (unpaired) electrons. The quantitative estimate of drug-likeness (QED) is 0.102. The molecule has 0 saturated carbocycles. The van der Waals surface area contributed by atoms with Gasteiger partial charge in [-0.1, -0.05) is 30.3 Å². The smallest absolute Gasteiger partial charge is 0.344 e. The van der Waals surface area contributed by atoms with E-state index < -0.39 is 17.3 Å². The molecule has 0 amide bonds. The summed E-state index contributed by atoms with van der Waals surface area (Å²) in [4.78, 5) is 78.9. The lowest BCUT2D eigenvalue weighted by Gasteiger charge is -2.34. The summed E-state index contributed by atoms with van der Waals surface area (Å²) in [7, 11) is 7.43. The molecule has 10 aromatic carbocycles. The Hall–Kier alpha value is -14.7. The number of nitrogens with zero attached hydrogens (tertiary/aromatic N) is 7. The van der Waals surface area contributed by atoms with Gasteiger partial charge >= 0.3 is 28.1 Å². The predicted molar refractivity (Wildman–Crippen MR) is 511 cm³/mol. The van der Waals surface area contributed by atoms with Crippen molar-refractivity contribution in [1.29, 1.82) is 0 Å². The molecule has 0 atom stereocenters. The molecule has 8 aliphatic rings. The molecule has 133 heavy (non-hydrogen) atoms. The van der Waals surface area contributed by atoms with Crippen molar-refractivity contribution >= 4 is 82.3 Å². The van der Waals surface area contributed by atoms with Gasteiger partial charge in [0.15, 0.2) is 46.0 Å². The molecule has 5 saturated heterocycles. The molecule has 28 nitrogen and oxygen atoms in total. The van der Waals surface area contributed by atoms with E-state index in [1.54, 1.807) is 26.4 Å². The Labute approximate surface area is 762 Å². The van der Waals surface area contributed by atoms with Crippen LogP contribution >= 0.6 is 0 Å². The van der Waals surface area contributed by atoms with Crippen LogP contribution < -0.4 is 106 Å². The summed E-state index contributed by atoms with van der Waals surface area (Å²) < 4.78 is 97.9. The van der Waals surface area contributed by atoms with Crippen LogP contribution in [0.1, 0.15) is 0 Å². The fourth-order valence-electron chi connectivity index (χ4n) is 17.4. The highest BCUT2D eigenvalue weighted by molar-refractivity contribution is 5.92. The van der Waals surface area contributed by atoms with Crippen molar-refractivity contribution in [3.8, 4) is 103 Å². The van der Waals surface area contributed by atoms with Crippen LogP contribution in [0.2, 0.25) is 0 Å². The van der Waals surface area contributed by atoms with Gasteiger partial charge in [0.05, 0.1) is 41.2 Å². The van der Waals surface area contributed by atoms with Crippen molar-refractivity contribution in [2.75, 3.05) is 211 Å². The van der Waals surface area contributed by atoms with Crippen LogP contribution in [0.5, 0.6) is 46.0 Å². The van der Waals surface area contributed by atoms with Gasteiger partial charge in [-0.15, -0.1) is 0 Å². The van der Waals surface area contributed by atoms with E-state index in [-0.39, 0.29) is 47.4 Å². The zero-order valence-corrected chi connectivity index (χ0v) is 73.9. The maximum Gasteiger partial charge on any atom is 0.344 e. The van der Waals surface area contributed by atoms with Crippen LogP contribution in [0.4, 0.5) is 37.2 Å². The number of benzene rings is 10.